The number of aromatic nitrogens is 1. The first kappa shape index (κ1) is 39.0. The van der Waals surface area contributed by atoms with Crippen LogP contribution in [-0.4, -0.2) is 97.2 Å². The van der Waals surface area contributed by atoms with Crippen LogP contribution in [0.5, 0.6) is 0 Å². The van der Waals surface area contributed by atoms with E-state index in [0.717, 1.165) is 23.9 Å². The molecule has 0 spiro atoms. The first-order chi connectivity index (χ1) is 21.8. The van der Waals surface area contributed by atoms with E-state index in [9.17, 15) is 36.7 Å². The number of amides is 3. The lowest BCUT2D eigenvalue weighted by atomic mass is 9.97. The molecule has 0 aliphatic carbocycles. The van der Waals surface area contributed by atoms with Crippen molar-refractivity contribution in [3.05, 3.63) is 65.5 Å². The Kier molecular flexibility index (Phi) is 16.6. The molecule has 2 aromatic rings. The van der Waals surface area contributed by atoms with Crippen LogP contribution < -0.4 is 16.0 Å². The predicted octanol–water partition coefficient (Wildman–Crippen LogP) is 2.28. The third kappa shape index (κ3) is 13.7. The first-order valence-electron chi connectivity index (χ1n) is 15.0. The van der Waals surface area contributed by atoms with E-state index < -0.39 is 68.4 Å². The number of halogens is 2. The van der Waals surface area contributed by atoms with Gasteiger partial charge in [-0.3, -0.25) is 19.4 Å². The van der Waals surface area contributed by atoms with E-state index in [-0.39, 0.29) is 35.8 Å². The number of carbonyl (C=O) groups excluding carboxylic acids is 3. The molecule has 0 fully saturated rings. The number of aliphatic hydroxyl groups is 1. The molecule has 0 aliphatic heterocycles. The Hall–Kier alpha value is -3.14. The molecule has 46 heavy (non-hydrogen) atoms. The zero-order valence-corrected chi connectivity index (χ0v) is 28.1. The SMILES string of the molecule is CCCCS(=O)(=O)CC(NC(=O)c1cccnc1)C(=O)NC(Cc1cc(F)cc(F)c1)C(O)C(SCCOC)C(=O)NCC(C)C. The molecule has 0 bridgehead atoms. The highest BCUT2D eigenvalue weighted by atomic mass is 32.2. The van der Waals surface area contributed by atoms with Crippen molar-refractivity contribution < 1.29 is 41.4 Å². The normalized spacial score (nSPS) is 14.3. The van der Waals surface area contributed by atoms with E-state index in [1.165, 1.54) is 31.6 Å². The molecule has 256 valence electrons. The van der Waals surface area contributed by atoms with Crippen LogP contribution in [0.25, 0.3) is 0 Å². The summed E-state index contributed by atoms with van der Waals surface area (Å²) >= 11 is 1.06. The van der Waals surface area contributed by atoms with Gasteiger partial charge >= 0.3 is 0 Å². The summed E-state index contributed by atoms with van der Waals surface area (Å²) < 4.78 is 59.2. The van der Waals surface area contributed by atoms with Gasteiger partial charge in [0.1, 0.15) is 22.9 Å². The van der Waals surface area contributed by atoms with Gasteiger partial charge in [0.05, 0.1) is 35.8 Å². The molecule has 0 saturated carbocycles. The molecule has 11 nitrogen and oxygen atoms in total. The van der Waals surface area contributed by atoms with Crippen LogP contribution in [0.3, 0.4) is 0 Å². The number of ether oxygens (including phenoxy) is 1. The van der Waals surface area contributed by atoms with Gasteiger partial charge in [0.25, 0.3) is 5.91 Å². The second-order valence-electron chi connectivity index (χ2n) is 11.2. The van der Waals surface area contributed by atoms with Gasteiger partial charge in [-0.25, -0.2) is 17.2 Å². The maximum atomic E-state index is 14.1. The van der Waals surface area contributed by atoms with Gasteiger partial charge in [-0.2, -0.15) is 0 Å². The number of rotatable bonds is 20. The maximum Gasteiger partial charge on any atom is 0.253 e. The minimum absolute atomic E-state index is 0.0663. The molecule has 4 N–H and O–H groups in total. The van der Waals surface area contributed by atoms with Crippen LogP contribution in [0.2, 0.25) is 0 Å². The number of pyridine rings is 1. The van der Waals surface area contributed by atoms with Crippen molar-refractivity contribution in [2.24, 2.45) is 5.92 Å². The minimum Gasteiger partial charge on any atom is -0.389 e. The molecule has 2 rings (SSSR count). The quantitative estimate of drug-likeness (QED) is 0.153. The first-order valence-corrected chi connectivity index (χ1v) is 17.9. The lowest BCUT2D eigenvalue weighted by Crippen LogP contribution is -2.58. The second kappa shape index (κ2) is 19.5. The number of sulfone groups is 1. The summed E-state index contributed by atoms with van der Waals surface area (Å²) in [6, 6.07) is 2.71. The lowest BCUT2D eigenvalue weighted by molar-refractivity contribution is -0.126. The van der Waals surface area contributed by atoms with Gasteiger partial charge in [0.2, 0.25) is 11.8 Å². The number of carbonyl (C=O) groups is 3. The number of nitrogens with one attached hydrogen (secondary N) is 3. The molecule has 1 aromatic heterocycles. The predicted molar refractivity (Wildman–Crippen MR) is 173 cm³/mol. The van der Waals surface area contributed by atoms with E-state index >= 15 is 0 Å². The van der Waals surface area contributed by atoms with Crippen molar-refractivity contribution in [1.82, 2.24) is 20.9 Å². The molecule has 1 aromatic carbocycles. The summed E-state index contributed by atoms with van der Waals surface area (Å²) in [6.07, 6.45) is 1.67. The fraction of sp³-hybridized carbons (Fsp3) is 0.548. The summed E-state index contributed by atoms with van der Waals surface area (Å²) in [7, 11) is -2.36. The Labute approximate surface area is 273 Å². The Bertz CT molecular complexity index is 1360. The van der Waals surface area contributed by atoms with Crippen LogP contribution in [0.15, 0.2) is 42.7 Å². The molecule has 15 heteroatoms. The van der Waals surface area contributed by atoms with Gasteiger partial charge in [-0.15, -0.1) is 11.8 Å². The average molecular weight is 687 g/mol. The van der Waals surface area contributed by atoms with Crippen LogP contribution in [0, 0.1) is 17.6 Å². The minimum atomic E-state index is -3.84. The van der Waals surface area contributed by atoms with Crippen LogP contribution in [0.4, 0.5) is 8.78 Å². The monoisotopic (exact) mass is 686 g/mol. The van der Waals surface area contributed by atoms with Crippen molar-refractivity contribution in [1.29, 1.82) is 0 Å². The molecule has 0 saturated heterocycles. The number of methoxy groups -OCH3 is 1. The van der Waals surface area contributed by atoms with Gasteiger partial charge in [0.15, 0.2) is 9.84 Å². The third-order valence-corrected chi connectivity index (χ3v) is 9.74. The smallest absolute Gasteiger partial charge is 0.253 e. The van der Waals surface area contributed by atoms with Crippen LogP contribution in [-0.2, 0) is 30.6 Å². The summed E-state index contributed by atoms with van der Waals surface area (Å²) in [5, 5.41) is 18.2. The van der Waals surface area contributed by atoms with Crippen molar-refractivity contribution in [2.45, 2.75) is 63.5 Å². The van der Waals surface area contributed by atoms with E-state index in [0.29, 0.717) is 31.2 Å². The maximum absolute atomic E-state index is 14.1. The molecular weight excluding hydrogens is 642 g/mol. The largest absolute Gasteiger partial charge is 0.389 e. The Balaban J connectivity index is 2.49. The Morgan fingerprint density at radius 1 is 1.09 bits per heavy atom. The second-order valence-corrected chi connectivity index (χ2v) is 14.7. The number of hydrogen-bond donors (Lipinski definition) is 4. The van der Waals surface area contributed by atoms with E-state index in [4.69, 9.17) is 4.74 Å². The number of benzene rings is 1. The Morgan fingerprint density at radius 2 is 1.78 bits per heavy atom. The van der Waals surface area contributed by atoms with Crippen molar-refractivity contribution in [3.63, 3.8) is 0 Å². The van der Waals surface area contributed by atoms with Crippen LogP contribution in [0.1, 0.15) is 49.5 Å². The van der Waals surface area contributed by atoms with Crippen molar-refractivity contribution in [2.75, 3.05) is 37.5 Å². The zero-order chi connectivity index (χ0) is 34.3. The van der Waals surface area contributed by atoms with Gasteiger partial charge in [-0.05, 0) is 48.6 Å². The third-order valence-electron chi connectivity index (χ3n) is 6.73. The summed E-state index contributed by atoms with van der Waals surface area (Å²) in [6.45, 7) is 6.13. The topological polar surface area (TPSA) is 164 Å². The van der Waals surface area contributed by atoms with Gasteiger partial charge in [0, 0.05) is 37.9 Å². The lowest BCUT2D eigenvalue weighted by Gasteiger charge is -2.31. The van der Waals surface area contributed by atoms with Crippen LogP contribution >= 0.6 is 11.8 Å². The molecule has 4 atom stereocenters. The molecule has 4 unspecified atom stereocenters. The number of aliphatic hydroxyl groups excluding tert-OH is 1. The molecule has 0 aliphatic rings. The van der Waals surface area contributed by atoms with Gasteiger partial charge < -0.3 is 25.8 Å². The number of hydrogen-bond acceptors (Lipinski definition) is 9. The van der Waals surface area contributed by atoms with E-state index in [1.807, 2.05) is 20.8 Å². The van der Waals surface area contributed by atoms with E-state index in [2.05, 4.69) is 20.9 Å². The Morgan fingerprint density at radius 3 is 2.37 bits per heavy atom. The summed E-state index contributed by atoms with van der Waals surface area (Å²) in [5.74, 6) is -4.63. The fourth-order valence-corrected chi connectivity index (χ4v) is 7.13. The highest BCUT2D eigenvalue weighted by molar-refractivity contribution is 8.00. The fourth-order valence-electron chi connectivity index (χ4n) is 4.35. The average Bonchev–Trinajstić information content (AvgIpc) is 2.99. The molecule has 1 heterocycles. The molecular formula is C31H44F2N4O7S2. The number of thioether (sulfide) groups is 1. The van der Waals surface area contributed by atoms with Crippen molar-refractivity contribution in [3.8, 4) is 0 Å². The number of nitrogens with zero attached hydrogens (tertiary/aromatic N) is 1. The highest BCUT2D eigenvalue weighted by Gasteiger charge is 2.37. The summed E-state index contributed by atoms with van der Waals surface area (Å²) in [5.41, 5.74) is 0.145. The standard InChI is InChI=1S/C31H44F2N4O7S2/c1-5-6-12-46(42,43)19-26(37-29(39)22-8-7-9-34-18-22)30(40)36-25(15-21-13-23(32)16-24(33)14-21)27(38)28(45-11-10-44-4)31(41)35-17-20(2)3/h7-9,13-14,16,18,20,25-28,38H,5-6,10-12,15,17,19H2,1-4H3,(H,35,41)(H,36,40)(H,37,39). The zero-order valence-electron chi connectivity index (χ0n) is 26.5. The van der Waals surface area contributed by atoms with E-state index in [1.54, 1.807) is 0 Å². The summed E-state index contributed by atoms with van der Waals surface area (Å²) in [4.78, 5) is 43.9. The molecule has 0 radical (unpaired) electrons. The number of unbranched alkanes of at least 4 members (excludes halogenated alkanes) is 1. The van der Waals surface area contributed by atoms with Crippen molar-refractivity contribution >= 4 is 39.3 Å². The van der Waals surface area contributed by atoms with Gasteiger partial charge in [-0.1, -0.05) is 27.2 Å². The molecule has 3 amide bonds. The highest BCUT2D eigenvalue weighted by Crippen LogP contribution is 2.21.